The largest absolute Gasteiger partial charge is 0.454 e. The van der Waals surface area contributed by atoms with Gasteiger partial charge in [0.1, 0.15) is 0 Å². The first kappa shape index (κ1) is 9.80. The lowest BCUT2D eigenvalue weighted by molar-refractivity contribution is 0.172. The van der Waals surface area contributed by atoms with Crippen LogP contribution in [0.15, 0.2) is 16.6 Å². The molecule has 1 unspecified atom stereocenters. The minimum Gasteiger partial charge on any atom is -0.454 e. The van der Waals surface area contributed by atoms with Crippen LogP contribution in [0.2, 0.25) is 0 Å². The maximum absolute atomic E-state index is 9.13. The number of benzene rings is 1. The molecule has 0 aliphatic carbocycles. The molecule has 3 nitrogen and oxygen atoms in total. The number of aliphatic hydroxyl groups excluding tert-OH is 1. The van der Waals surface area contributed by atoms with Crippen molar-refractivity contribution in [3.63, 3.8) is 0 Å². The zero-order valence-electron chi connectivity index (χ0n) is 7.79. The number of hydrogen-bond acceptors (Lipinski definition) is 3. The summed E-state index contributed by atoms with van der Waals surface area (Å²) in [7, 11) is 0. The van der Waals surface area contributed by atoms with Crippen LogP contribution in [-0.4, -0.2) is 18.5 Å². The van der Waals surface area contributed by atoms with Gasteiger partial charge in [-0.25, -0.2) is 0 Å². The van der Waals surface area contributed by atoms with Gasteiger partial charge in [-0.05, 0) is 12.1 Å². The van der Waals surface area contributed by atoms with Crippen molar-refractivity contribution in [3.05, 3.63) is 22.2 Å². The van der Waals surface area contributed by atoms with Crippen LogP contribution in [0.1, 0.15) is 18.4 Å². The van der Waals surface area contributed by atoms with Gasteiger partial charge < -0.3 is 14.6 Å². The third kappa shape index (κ3) is 1.48. The van der Waals surface area contributed by atoms with Crippen molar-refractivity contribution in [3.8, 4) is 11.5 Å². The fourth-order valence-corrected chi connectivity index (χ4v) is 2.22. The van der Waals surface area contributed by atoms with Crippen LogP contribution in [0, 0.1) is 0 Å². The van der Waals surface area contributed by atoms with E-state index in [1.165, 1.54) is 0 Å². The Kier molecular flexibility index (Phi) is 2.65. The van der Waals surface area contributed by atoms with Crippen LogP contribution in [0.3, 0.4) is 0 Å². The summed E-state index contributed by atoms with van der Waals surface area (Å²) in [6.45, 7) is 2.30. The van der Waals surface area contributed by atoms with Crippen molar-refractivity contribution in [2.24, 2.45) is 0 Å². The highest BCUT2D eigenvalue weighted by Gasteiger charge is 2.23. The fourth-order valence-electron chi connectivity index (χ4n) is 1.52. The summed E-state index contributed by atoms with van der Waals surface area (Å²) < 4.78 is 11.6. The molecule has 1 atom stereocenters. The van der Waals surface area contributed by atoms with Gasteiger partial charge in [-0.15, -0.1) is 0 Å². The highest BCUT2D eigenvalue weighted by Crippen LogP contribution is 2.42. The minimum atomic E-state index is 0.0426. The molecule has 1 heterocycles. The predicted molar refractivity (Wildman–Crippen MR) is 55.8 cm³/mol. The Hall–Kier alpha value is -0.740. The molecule has 0 spiro atoms. The minimum absolute atomic E-state index is 0.0426. The Labute approximate surface area is 90.8 Å². The van der Waals surface area contributed by atoms with Crippen molar-refractivity contribution in [1.29, 1.82) is 0 Å². The van der Waals surface area contributed by atoms with E-state index in [9.17, 15) is 0 Å². The lowest BCUT2D eigenvalue weighted by Gasteiger charge is -2.13. The Balaban J connectivity index is 2.51. The highest BCUT2D eigenvalue weighted by molar-refractivity contribution is 9.10. The van der Waals surface area contributed by atoms with Gasteiger partial charge in [-0.3, -0.25) is 0 Å². The molecule has 0 saturated heterocycles. The number of rotatable bonds is 2. The molecule has 0 bridgehead atoms. The van der Waals surface area contributed by atoms with Gasteiger partial charge in [0, 0.05) is 22.6 Å². The number of aliphatic hydroxyl groups is 1. The number of ether oxygens (including phenoxy) is 2. The van der Waals surface area contributed by atoms with Crippen LogP contribution >= 0.6 is 15.9 Å². The van der Waals surface area contributed by atoms with E-state index in [4.69, 9.17) is 14.6 Å². The van der Waals surface area contributed by atoms with E-state index in [0.29, 0.717) is 0 Å². The highest BCUT2D eigenvalue weighted by atomic mass is 79.9. The van der Waals surface area contributed by atoms with Crippen molar-refractivity contribution in [2.75, 3.05) is 13.4 Å². The Bertz CT molecular complexity index is 351. The summed E-state index contributed by atoms with van der Waals surface area (Å²) in [5, 5.41) is 9.13. The second-order valence-electron chi connectivity index (χ2n) is 3.28. The summed E-state index contributed by atoms with van der Waals surface area (Å²) in [5.74, 6) is 1.55. The van der Waals surface area contributed by atoms with Gasteiger partial charge in [0.2, 0.25) is 6.79 Å². The molecule has 14 heavy (non-hydrogen) atoms. The number of fused-ring (bicyclic) bond motifs is 1. The summed E-state index contributed by atoms with van der Waals surface area (Å²) in [6.07, 6.45) is 0. The normalized spacial score (nSPS) is 15.6. The molecule has 4 heteroatoms. The summed E-state index contributed by atoms with van der Waals surface area (Å²) >= 11 is 3.44. The standard InChI is InChI=1S/C10H11BrO3/c1-6(4-12)9-7(11)2-3-8-10(9)14-5-13-8/h2-3,6,12H,4-5H2,1H3. The van der Waals surface area contributed by atoms with Gasteiger partial charge in [0.05, 0.1) is 0 Å². The molecule has 0 fully saturated rings. The maximum atomic E-state index is 9.13. The molecule has 1 aliphatic rings. The second-order valence-corrected chi connectivity index (χ2v) is 4.13. The van der Waals surface area contributed by atoms with Gasteiger partial charge in [0.15, 0.2) is 11.5 Å². The molecule has 2 rings (SSSR count). The van der Waals surface area contributed by atoms with E-state index in [2.05, 4.69) is 15.9 Å². The lowest BCUT2D eigenvalue weighted by Crippen LogP contribution is -2.02. The van der Waals surface area contributed by atoms with Crippen molar-refractivity contribution in [2.45, 2.75) is 12.8 Å². The molecule has 0 amide bonds. The lowest BCUT2D eigenvalue weighted by atomic mass is 10.0. The molecule has 1 N–H and O–H groups in total. The van der Waals surface area contributed by atoms with E-state index in [0.717, 1.165) is 21.5 Å². The molecule has 0 radical (unpaired) electrons. The Morgan fingerprint density at radius 1 is 1.50 bits per heavy atom. The third-order valence-corrected chi connectivity index (χ3v) is 2.98. The quantitative estimate of drug-likeness (QED) is 0.885. The van der Waals surface area contributed by atoms with Crippen molar-refractivity contribution < 1.29 is 14.6 Å². The monoisotopic (exact) mass is 258 g/mol. The summed E-state index contributed by atoms with van der Waals surface area (Å²) in [4.78, 5) is 0. The topological polar surface area (TPSA) is 38.7 Å². The molecular formula is C10H11BrO3. The van der Waals surface area contributed by atoms with Gasteiger partial charge in [-0.2, -0.15) is 0 Å². The molecule has 76 valence electrons. The van der Waals surface area contributed by atoms with Crippen LogP contribution in [0.25, 0.3) is 0 Å². The van der Waals surface area contributed by atoms with Gasteiger partial charge in [-0.1, -0.05) is 22.9 Å². The first-order valence-electron chi connectivity index (χ1n) is 4.43. The van der Waals surface area contributed by atoms with Crippen LogP contribution in [0.4, 0.5) is 0 Å². The average molecular weight is 259 g/mol. The Morgan fingerprint density at radius 2 is 2.29 bits per heavy atom. The van der Waals surface area contributed by atoms with E-state index >= 15 is 0 Å². The molecule has 1 aromatic rings. The SMILES string of the molecule is CC(CO)c1c(Br)ccc2c1OCO2. The molecule has 0 aromatic heterocycles. The number of hydrogen-bond donors (Lipinski definition) is 1. The second kappa shape index (κ2) is 3.79. The molecule has 1 aliphatic heterocycles. The molecule has 0 saturated carbocycles. The van der Waals surface area contributed by atoms with Crippen molar-refractivity contribution >= 4 is 15.9 Å². The smallest absolute Gasteiger partial charge is 0.231 e. The van der Waals surface area contributed by atoms with Crippen molar-refractivity contribution in [1.82, 2.24) is 0 Å². The number of halogens is 1. The van der Waals surface area contributed by atoms with Gasteiger partial charge in [0.25, 0.3) is 0 Å². The first-order valence-corrected chi connectivity index (χ1v) is 5.22. The van der Waals surface area contributed by atoms with Crippen LogP contribution in [-0.2, 0) is 0 Å². The summed E-state index contributed by atoms with van der Waals surface area (Å²) in [5.41, 5.74) is 0.975. The maximum Gasteiger partial charge on any atom is 0.231 e. The van der Waals surface area contributed by atoms with E-state index in [1.54, 1.807) is 0 Å². The van der Waals surface area contributed by atoms with Crippen LogP contribution < -0.4 is 9.47 Å². The van der Waals surface area contributed by atoms with E-state index in [1.807, 2.05) is 19.1 Å². The third-order valence-electron chi connectivity index (χ3n) is 2.29. The molecule has 1 aromatic carbocycles. The van der Waals surface area contributed by atoms with E-state index < -0.39 is 0 Å². The predicted octanol–water partition coefficient (Wildman–Crippen LogP) is 2.27. The summed E-state index contributed by atoms with van der Waals surface area (Å²) in [6, 6.07) is 3.77. The zero-order valence-corrected chi connectivity index (χ0v) is 9.37. The fraction of sp³-hybridized carbons (Fsp3) is 0.400. The average Bonchev–Trinajstić information content (AvgIpc) is 2.64. The van der Waals surface area contributed by atoms with E-state index in [-0.39, 0.29) is 19.3 Å². The molecular weight excluding hydrogens is 248 g/mol. The zero-order chi connectivity index (χ0) is 10.1. The van der Waals surface area contributed by atoms with Gasteiger partial charge >= 0.3 is 0 Å². The van der Waals surface area contributed by atoms with Crippen LogP contribution in [0.5, 0.6) is 11.5 Å². The first-order chi connectivity index (χ1) is 6.74. The Morgan fingerprint density at radius 3 is 3.00 bits per heavy atom.